The molecule has 0 bridgehead atoms. The molecule has 3 nitrogen and oxygen atoms in total. The quantitative estimate of drug-likeness (QED) is 0.0665. The van der Waals surface area contributed by atoms with Gasteiger partial charge in [0.1, 0.15) is 5.75 Å². The first-order chi connectivity index (χ1) is 30.0. The molecule has 0 unspecified atom stereocenters. The molecule has 1 rings (SSSR count). The Hall–Kier alpha value is -1.51. The summed E-state index contributed by atoms with van der Waals surface area (Å²) in [5.74, 6) is 0.186. The lowest BCUT2D eigenvalue weighted by Gasteiger charge is -2.27. The van der Waals surface area contributed by atoms with Gasteiger partial charge in [-0.2, -0.15) is 0 Å². The van der Waals surface area contributed by atoms with Crippen LogP contribution in [0.3, 0.4) is 0 Å². The van der Waals surface area contributed by atoms with Crippen LogP contribution in [0.4, 0.5) is 0 Å². The zero-order valence-electron chi connectivity index (χ0n) is 42.3. The molecule has 0 saturated carbocycles. The molecule has 1 aromatic rings. The largest absolute Gasteiger partial charge is 0.481 e. The summed E-state index contributed by atoms with van der Waals surface area (Å²) in [5.41, 5.74) is 7.76. The predicted molar refractivity (Wildman–Crippen MR) is 271 cm³/mol. The Morgan fingerprint density at radius 1 is 0.295 bits per heavy atom. The van der Waals surface area contributed by atoms with Gasteiger partial charge in [-0.25, -0.2) is 4.79 Å². The SMILES string of the molecule is CCCCCCCCCCc1c(CCCCCCCCCC)c(CCCCCCCCCC)c(OCC(=O)O)c(CCCCCCCCCC)c1CCCCCCCCCC. The van der Waals surface area contributed by atoms with E-state index in [1.54, 1.807) is 16.7 Å². The van der Waals surface area contributed by atoms with E-state index < -0.39 is 5.97 Å². The van der Waals surface area contributed by atoms with Gasteiger partial charge in [0.05, 0.1) is 0 Å². The van der Waals surface area contributed by atoms with Crippen LogP contribution in [0, 0.1) is 0 Å². The van der Waals surface area contributed by atoms with Crippen molar-refractivity contribution in [2.75, 3.05) is 6.61 Å². The molecule has 0 radical (unpaired) electrons. The second-order valence-corrected chi connectivity index (χ2v) is 19.5. The van der Waals surface area contributed by atoms with Crippen molar-refractivity contribution in [1.29, 1.82) is 0 Å². The van der Waals surface area contributed by atoms with Crippen LogP contribution in [0.15, 0.2) is 0 Å². The molecule has 1 N–H and O–H groups in total. The highest BCUT2D eigenvalue weighted by Crippen LogP contribution is 2.40. The number of carboxylic acid groups (broad SMARTS) is 1. The second kappa shape index (κ2) is 43.7. The summed E-state index contributed by atoms with van der Waals surface area (Å²) in [6, 6.07) is 0. The van der Waals surface area contributed by atoms with Crippen LogP contribution in [-0.2, 0) is 36.9 Å². The Labute approximate surface area is 382 Å². The molecule has 358 valence electrons. The van der Waals surface area contributed by atoms with Crippen LogP contribution in [0.25, 0.3) is 0 Å². The summed E-state index contributed by atoms with van der Waals surface area (Å²) < 4.78 is 6.67. The Bertz CT molecular complexity index is 1040. The number of ether oxygens (including phenoxy) is 1. The molecule has 0 aliphatic rings. The molecule has 0 heterocycles. The maximum atomic E-state index is 12.3. The van der Waals surface area contributed by atoms with Crippen LogP contribution in [0.5, 0.6) is 5.75 Å². The van der Waals surface area contributed by atoms with Crippen molar-refractivity contribution in [3.8, 4) is 5.75 Å². The number of carbonyl (C=O) groups is 1. The fourth-order valence-electron chi connectivity index (χ4n) is 9.92. The number of hydrogen-bond acceptors (Lipinski definition) is 2. The minimum Gasteiger partial charge on any atom is -0.481 e. The van der Waals surface area contributed by atoms with E-state index in [0.29, 0.717) is 0 Å². The lowest BCUT2D eigenvalue weighted by molar-refractivity contribution is -0.139. The van der Waals surface area contributed by atoms with Gasteiger partial charge < -0.3 is 9.84 Å². The van der Waals surface area contributed by atoms with E-state index >= 15 is 0 Å². The van der Waals surface area contributed by atoms with Crippen molar-refractivity contribution in [1.82, 2.24) is 0 Å². The van der Waals surface area contributed by atoms with Crippen LogP contribution < -0.4 is 4.74 Å². The van der Waals surface area contributed by atoms with Gasteiger partial charge in [0.25, 0.3) is 0 Å². The van der Waals surface area contributed by atoms with Gasteiger partial charge >= 0.3 is 5.97 Å². The molecular weight excluding hydrogens is 745 g/mol. The van der Waals surface area contributed by atoms with E-state index in [1.807, 2.05) is 0 Å². The topological polar surface area (TPSA) is 46.5 Å². The van der Waals surface area contributed by atoms with Crippen LogP contribution in [-0.4, -0.2) is 17.7 Å². The minimum atomic E-state index is -0.840. The third-order valence-corrected chi connectivity index (χ3v) is 13.7. The van der Waals surface area contributed by atoms with Crippen molar-refractivity contribution in [2.45, 2.75) is 324 Å². The molecule has 0 fully saturated rings. The highest BCUT2D eigenvalue weighted by Gasteiger charge is 2.25. The number of unbranched alkanes of at least 4 members (excludes halogenated alkanes) is 35. The number of carboxylic acids is 1. The number of hydrogen-bond donors (Lipinski definition) is 1. The fourth-order valence-corrected chi connectivity index (χ4v) is 9.92. The Morgan fingerprint density at radius 3 is 0.689 bits per heavy atom. The zero-order valence-corrected chi connectivity index (χ0v) is 42.3. The van der Waals surface area contributed by atoms with E-state index in [0.717, 1.165) is 31.4 Å². The molecular formula is C58H108O3. The van der Waals surface area contributed by atoms with E-state index in [1.165, 1.54) is 274 Å². The van der Waals surface area contributed by atoms with Crippen molar-refractivity contribution >= 4 is 5.97 Å². The minimum absolute atomic E-state index is 0.222. The molecule has 0 aliphatic heterocycles. The molecule has 0 saturated heterocycles. The summed E-state index contributed by atoms with van der Waals surface area (Å²) in [4.78, 5) is 12.3. The Kier molecular flexibility index (Phi) is 41.2. The van der Waals surface area contributed by atoms with Crippen molar-refractivity contribution in [3.63, 3.8) is 0 Å². The third kappa shape index (κ3) is 31.1. The number of aliphatic carboxylic acids is 1. The molecule has 0 aliphatic carbocycles. The lowest BCUT2D eigenvalue weighted by Crippen LogP contribution is -2.17. The van der Waals surface area contributed by atoms with Crippen LogP contribution in [0.2, 0.25) is 0 Å². The van der Waals surface area contributed by atoms with Gasteiger partial charge in [0.2, 0.25) is 0 Å². The first kappa shape index (κ1) is 57.5. The van der Waals surface area contributed by atoms with E-state index in [9.17, 15) is 9.90 Å². The van der Waals surface area contributed by atoms with Gasteiger partial charge in [-0.1, -0.05) is 259 Å². The Balaban J connectivity index is 3.65. The maximum Gasteiger partial charge on any atom is 0.341 e. The summed E-state index contributed by atoms with van der Waals surface area (Å²) in [5, 5.41) is 10.1. The lowest BCUT2D eigenvalue weighted by atomic mass is 9.80. The highest BCUT2D eigenvalue weighted by molar-refractivity contribution is 5.69. The first-order valence-corrected chi connectivity index (χ1v) is 28.1. The maximum absolute atomic E-state index is 12.3. The molecule has 0 aromatic heterocycles. The zero-order chi connectivity index (χ0) is 44.3. The van der Waals surface area contributed by atoms with Crippen LogP contribution in [0.1, 0.15) is 319 Å². The first-order valence-electron chi connectivity index (χ1n) is 28.1. The summed E-state index contributed by atoms with van der Waals surface area (Å²) in [6.07, 6.45) is 58.8. The summed E-state index contributed by atoms with van der Waals surface area (Å²) >= 11 is 0. The van der Waals surface area contributed by atoms with E-state index in [-0.39, 0.29) is 6.61 Å². The summed E-state index contributed by atoms with van der Waals surface area (Å²) in [6.45, 7) is 11.3. The van der Waals surface area contributed by atoms with Gasteiger partial charge in [-0.05, 0) is 92.0 Å². The number of benzene rings is 1. The van der Waals surface area contributed by atoms with Crippen molar-refractivity contribution in [3.05, 3.63) is 27.8 Å². The van der Waals surface area contributed by atoms with Gasteiger partial charge in [0, 0.05) is 0 Å². The smallest absolute Gasteiger partial charge is 0.341 e. The molecule has 0 spiro atoms. The van der Waals surface area contributed by atoms with E-state index in [4.69, 9.17) is 4.74 Å². The molecule has 1 aromatic carbocycles. The average Bonchev–Trinajstić information content (AvgIpc) is 3.26. The molecule has 0 amide bonds. The highest BCUT2D eigenvalue weighted by atomic mass is 16.5. The van der Waals surface area contributed by atoms with Crippen molar-refractivity contribution in [2.24, 2.45) is 0 Å². The molecule has 61 heavy (non-hydrogen) atoms. The van der Waals surface area contributed by atoms with E-state index in [2.05, 4.69) is 34.6 Å². The van der Waals surface area contributed by atoms with Crippen LogP contribution >= 0.6 is 0 Å². The fraction of sp³-hybridized carbons (Fsp3) is 0.879. The normalized spacial score (nSPS) is 11.6. The third-order valence-electron chi connectivity index (χ3n) is 13.7. The van der Waals surface area contributed by atoms with Gasteiger partial charge in [-0.3, -0.25) is 0 Å². The standard InChI is InChI=1S/C58H108O3/c1-6-11-16-21-26-31-36-41-46-52-53(47-42-37-32-27-22-17-12-7-2)55(49-44-39-34-29-24-19-14-9-4)58(61-51-57(59)60)56(50-45-40-35-30-25-20-15-10-5)54(52)48-43-38-33-28-23-18-13-8-3/h6-51H2,1-5H3,(H,59,60). The van der Waals surface area contributed by atoms with Gasteiger partial charge in [0.15, 0.2) is 6.61 Å². The average molecular weight is 853 g/mol. The molecule has 0 atom stereocenters. The second-order valence-electron chi connectivity index (χ2n) is 19.5. The van der Waals surface area contributed by atoms with Gasteiger partial charge in [-0.15, -0.1) is 0 Å². The van der Waals surface area contributed by atoms with Crippen molar-refractivity contribution < 1.29 is 14.6 Å². The molecule has 3 heteroatoms. The Morgan fingerprint density at radius 2 is 0.475 bits per heavy atom. The number of rotatable bonds is 48. The predicted octanol–water partition coefficient (Wildman–Crippen LogP) is 19.6. The monoisotopic (exact) mass is 853 g/mol. The summed E-state index contributed by atoms with van der Waals surface area (Å²) in [7, 11) is 0.